The lowest BCUT2D eigenvalue weighted by Gasteiger charge is -2.26. The van der Waals surface area contributed by atoms with E-state index in [1.807, 2.05) is 18.2 Å². The first-order valence-electron chi connectivity index (χ1n) is 14.0. The Labute approximate surface area is 233 Å². The molecule has 3 aromatic rings. The third-order valence-electron chi connectivity index (χ3n) is 8.05. The van der Waals surface area contributed by atoms with Gasteiger partial charge in [0.25, 0.3) is 10.0 Å². The minimum absolute atomic E-state index is 0. The van der Waals surface area contributed by atoms with Crippen molar-refractivity contribution in [2.24, 2.45) is 11.8 Å². The lowest BCUT2D eigenvalue weighted by molar-refractivity contribution is -0.119. The Hall–Kier alpha value is -2.91. The van der Waals surface area contributed by atoms with Crippen LogP contribution in [0.2, 0.25) is 0 Å². The Morgan fingerprint density at radius 1 is 1.08 bits per heavy atom. The predicted molar refractivity (Wildman–Crippen MR) is 157 cm³/mol. The molecule has 1 saturated carbocycles. The molecule has 1 N–H and O–H groups in total. The fourth-order valence-corrected chi connectivity index (χ4v) is 6.89. The number of anilines is 2. The third-order valence-corrected chi connectivity index (χ3v) is 9.85. The zero-order chi connectivity index (χ0) is 27.8. The third kappa shape index (κ3) is 5.84. The van der Waals surface area contributed by atoms with Gasteiger partial charge in [-0.05, 0) is 74.1 Å². The minimum Gasteiger partial charge on any atom is -0.381 e. The van der Waals surface area contributed by atoms with Crippen molar-refractivity contribution >= 4 is 38.3 Å². The molecule has 1 amide bonds. The number of fused-ring (bicyclic) bond motifs is 1. The van der Waals surface area contributed by atoms with Crippen LogP contribution in [-0.4, -0.2) is 44.1 Å². The van der Waals surface area contributed by atoms with Crippen LogP contribution in [0.25, 0.3) is 11.0 Å². The first-order chi connectivity index (χ1) is 18.5. The van der Waals surface area contributed by atoms with E-state index in [1.165, 1.54) is 4.31 Å². The van der Waals surface area contributed by atoms with Crippen LogP contribution in [-0.2, 0) is 31.5 Å². The van der Waals surface area contributed by atoms with Gasteiger partial charge in [-0.2, -0.15) is 0 Å². The standard InChI is InChI=1S/C30H40N4O4S.H2/c1-30(2,3)29-32-26-19-24(11-14-27(26)34(29)20-21-15-17-38-18-16-21)33(4)39(36,37)25-12-9-23(10-13-25)31-28(35)22-7-5-6-8-22;/h9-14,19,21-22H,5-8,15-18,20H2,1-4H3,(H,31,35);1H. The number of carbonyl (C=O) groups excluding carboxylic acids is 1. The minimum atomic E-state index is -3.80. The highest BCUT2D eigenvalue weighted by atomic mass is 32.2. The van der Waals surface area contributed by atoms with E-state index in [0.29, 0.717) is 17.3 Å². The number of rotatable bonds is 7. The van der Waals surface area contributed by atoms with Crippen molar-refractivity contribution in [2.75, 3.05) is 29.9 Å². The van der Waals surface area contributed by atoms with E-state index in [9.17, 15) is 13.2 Å². The second-order valence-corrected chi connectivity index (χ2v) is 14.0. The molecule has 2 fully saturated rings. The van der Waals surface area contributed by atoms with Crippen molar-refractivity contribution in [3.05, 3.63) is 48.3 Å². The van der Waals surface area contributed by atoms with Gasteiger partial charge in [-0.1, -0.05) is 33.6 Å². The lowest BCUT2D eigenvalue weighted by Crippen LogP contribution is -2.26. The maximum atomic E-state index is 13.5. The molecule has 1 aliphatic carbocycles. The molecule has 0 unspecified atom stereocenters. The molecule has 1 aliphatic heterocycles. The van der Waals surface area contributed by atoms with E-state index >= 15 is 0 Å². The van der Waals surface area contributed by atoms with Gasteiger partial charge >= 0.3 is 0 Å². The van der Waals surface area contributed by atoms with Gasteiger partial charge in [0.05, 0.1) is 21.6 Å². The summed E-state index contributed by atoms with van der Waals surface area (Å²) in [6.07, 6.45) is 6.07. The molecule has 0 atom stereocenters. The molecule has 0 radical (unpaired) electrons. The summed E-state index contributed by atoms with van der Waals surface area (Å²) < 4.78 is 36.2. The summed E-state index contributed by atoms with van der Waals surface area (Å²) in [7, 11) is -2.24. The zero-order valence-electron chi connectivity index (χ0n) is 23.4. The normalized spacial score (nSPS) is 17.5. The van der Waals surface area contributed by atoms with Gasteiger partial charge in [0.2, 0.25) is 5.91 Å². The van der Waals surface area contributed by atoms with Crippen LogP contribution in [0.15, 0.2) is 47.4 Å². The summed E-state index contributed by atoms with van der Waals surface area (Å²) >= 11 is 0. The van der Waals surface area contributed by atoms with Gasteiger partial charge in [-0.15, -0.1) is 0 Å². The van der Waals surface area contributed by atoms with Crippen molar-refractivity contribution in [1.29, 1.82) is 0 Å². The van der Waals surface area contributed by atoms with E-state index in [0.717, 1.165) is 75.1 Å². The van der Waals surface area contributed by atoms with Gasteiger partial charge in [-0.25, -0.2) is 13.4 Å². The summed E-state index contributed by atoms with van der Waals surface area (Å²) in [5.41, 5.74) is 2.81. The Bertz CT molecular complexity index is 1430. The molecule has 1 saturated heterocycles. The van der Waals surface area contributed by atoms with E-state index in [-0.39, 0.29) is 23.6 Å². The molecule has 2 aliphatic rings. The van der Waals surface area contributed by atoms with Crippen LogP contribution in [0, 0.1) is 11.8 Å². The molecule has 9 heteroatoms. The van der Waals surface area contributed by atoms with E-state index in [2.05, 4.69) is 30.7 Å². The van der Waals surface area contributed by atoms with Crippen LogP contribution in [0.3, 0.4) is 0 Å². The SMILES string of the molecule is CN(c1ccc2c(c1)nc(C(C)(C)C)n2CC1CCOCC1)S(=O)(=O)c1ccc(NC(=O)C2CCCC2)cc1.[HH]. The quantitative estimate of drug-likeness (QED) is 0.389. The fraction of sp³-hybridized carbons (Fsp3) is 0.533. The average molecular weight is 555 g/mol. The van der Waals surface area contributed by atoms with Crippen molar-refractivity contribution in [1.82, 2.24) is 9.55 Å². The van der Waals surface area contributed by atoms with Crippen LogP contribution in [0.1, 0.15) is 66.5 Å². The first kappa shape index (κ1) is 27.6. The van der Waals surface area contributed by atoms with E-state index < -0.39 is 10.0 Å². The Balaban J connectivity index is 0.00000370. The molecule has 0 bridgehead atoms. The number of nitrogens with zero attached hydrogens (tertiary/aromatic N) is 3. The maximum Gasteiger partial charge on any atom is 0.264 e. The second kappa shape index (κ2) is 10.9. The predicted octanol–water partition coefficient (Wildman–Crippen LogP) is 5.96. The van der Waals surface area contributed by atoms with Crippen molar-refractivity contribution in [3.8, 4) is 0 Å². The summed E-state index contributed by atoms with van der Waals surface area (Å²) in [6, 6.07) is 12.1. The number of nitrogens with one attached hydrogen (secondary N) is 1. The van der Waals surface area contributed by atoms with Crippen LogP contribution < -0.4 is 9.62 Å². The van der Waals surface area contributed by atoms with Crippen molar-refractivity contribution in [2.45, 2.75) is 76.2 Å². The van der Waals surface area contributed by atoms with Crippen LogP contribution in [0.4, 0.5) is 11.4 Å². The summed E-state index contributed by atoms with van der Waals surface area (Å²) in [6.45, 7) is 8.94. The molecule has 39 heavy (non-hydrogen) atoms. The summed E-state index contributed by atoms with van der Waals surface area (Å²) in [5, 5.41) is 2.93. The zero-order valence-corrected chi connectivity index (χ0v) is 24.3. The van der Waals surface area contributed by atoms with Crippen LogP contribution in [0.5, 0.6) is 0 Å². The maximum absolute atomic E-state index is 13.5. The van der Waals surface area contributed by atoms with Gasteiger partial charge < -0.3 is 14.6 Å². The van der Waals surface area contributed by atoms with Crippen molar-refractivity contribution < 1.29 is 19.4 Å². The highest BCUT2D eigenvalue weighted by Crippen LogP contribution is 2.32. The highest BCUT2D eigenvalue weighted by Gasteiger charge is 2.27. The second-order valence-electron chi connectivity index (χ2n) is 12.0. The average Bonchev–Trinajstić information content (AvgIpc) is 3.58. The number of hydrogen-bond acceptors (Lipinski definition) is 5. The topological polar surface area (TPSA) is 93.5 Å². The monoisotopic (exact) mass is 554 g/mol. The summed E-state index contributed by atoms with van der Waals surface area (Å²) in [4.78, 5) is 17.6. The number of benzene rings is 2. The molecule has 1 aromatic heterocycles. The number of aromatic nitrogens is 2. The molecular formula is C30H42N4O4S. The van der Waals surface area contributed by atoms with Gasteiger partial charge in [0.1, 0.15) is 5.82 Å². The van der Waals surface area contributed by atoms with E-state index in [1.54, 1.807) is 31.3 Å². The lowest BCUT2D eigenvalue weighted by atomic mass is 9.94. The number of sulfonamides is 1. The summed E-state index contributed by atoms with van der Waals surface area (Å²) in [5.74, 6) is 1.60. The van der Waals surface area contributed by atoms with Crippen LogP contribution >= 0.6 is 0 Å². The Kier molecular flexibility index (Phi) is 7.75. The number of imidazole rings is 1. The van der Waals surface area contributed by atoms with Gasteiger partial charge in [-0.3, -0.25) is 9.10 Å². The number of ether oxygens (including phenoxy) is 1. The Morgan fingerprint density at radius 3 is 2.38 bits per heavy atom. The highest BCUT2D eigenvalue weighted by molar-refractivity contribution is 7.92. The molecule has 2 aromatic carbocycles. The van der Waals surface area contributed by atoms with Gasteiger partial charge in [0, 0.05) is 45.3 Å². The molecule has 8 nitrogen and oxygen atoms in total. The van der Waals surface area contributed by atoms with Gasteiger partial charge in [0.15, 0.2) is 0 Å². The Morgan fingerprint density at radius 2 is 1.74 bits per heavy atom. The fourth-order valence-electron chi connectivity index (χ4n) is 5.70. The first-order valence-corrected chi connectivity index (χ1v) is 15.5. The molecular weight excluding hydrogens is 512 g/mol. The molecule has 2 heterocycles. The van der Waals surface area contributed by atoms with E-state index in [4.69, 9.17) is 9.72 Å². The van der Waals surface area contributed by atoms with Crippen molar-refractivity contribution in [3.63, 3.8) is 0 Å². The molecule has 5 rings (SSSR count). The number of hydrogen-bond donors (Lipinski definition) is 1. The molecule has 0 spiro atoms. The largest absolute Gasteiger partial charge is 0.381 e. The number of amides is 1. The molecule has 212 valence electrons. The number of carbonyl (C=O) groups is 1. The smallest absolute Gasteiger partial charge is 0.264 e.